The minimum absolute atomic E-state index is 0.0615. The first-order valence-electron chi connectivity index (χ1n) is 9.40. The Morgan fingerprint density at radius 1 is 1.10 bits per heavy atom. The van der Waals surface area contributed by atoms with Gasteiger partial charge in [-0.05, 0) is 30.7 Å². The van der Waals surface area contributed by atoms with E-state index in [1.54, 1.807) is 30.3 Å². The van der Waals surface area contributed by atoms with Crippen molar-refractivity contribution < 1.29 is 22.7 Å². The second-order valence-corrected chi connectivity index (χ2v) is 9.93. The van der Waals surface area contributed by atoms with E-state index in [1.165, 1.54) is 15.6 Å². The van der Waals surface area contributed by atoms with Crippen LogP contribution >= 0.6 is 11.3 Å². The molecule has 0 bridgehead atoms. The van der Waals surface area contributed by atoms with Crippen LogP contribution in [0.1, 0.15) is 33.0 Å². The molecule has 3 rings (SSSR count). The summed E-state index contributed by atoms with van der Waals surface area (Å²) in [6.07, 6.45) is 0.188. The molecular formula is C20H24N2O5S2. The predicted octanol–water partition coefficient (Wildman–Crippen LogP) is 2.36. The second-order valence-electron chi connectivity index (χ2n) is 6.73. The summed E-state index contributed by atoms with van der Waals surface area (Å²) in [7, 11) is -3.65. The highest BCUT2D eigenvalue weighted by Crippen LogP contribution is 2.21. The molecule has 2 aromatic rings. The lowest BCUT2D eigenvalue weighted by Gasteiger charge is -2.27. The lowest BCUT2D eigenvalue weighted by molar-refractivity contribution is -0.121. The molecule has 0 unspecified atom stereocenters. The summed E-state index contributed by atoms with van der Waals surface area (Å²) < 4.78 is 32.5. The Balaban J connectivity index is 1.59. The number of rotatable bonds is 8. The minimum Gasteiger partial charge on any atom is -0.379 e. The Morgan fingerprint density at radius 2 is 1.83 bits per heavy atom. The zero-order chi connectivity index (χ0) is 20.9. The summed E-state index contributed by atoms with van der Waals surface area (Å²) in [5.41, 5.74) is 0.521. The Morgan fingerprint density at radius 3 is 2.52 bits per heavy atom. The molecule has 29 heavy (non-hydrogen) atoms. The van der Waals surface area contributed by atoms with Gasteiger partial charge in [0.15, 0.2) is 5.78 Å². The van der Waals surface area contributed by atoms with E-state index in [2.05, 4.69) is 5.32 Å². The van der Waals surface area contributed by atoms with Crippen LogP contribution in [0.5, 0.6) is 0 Å². The predicted molar refractivity (Wildman–Crippen MR) is 110 cm³/mol. The molecule has 1 N–H and O–H groups in total. The number of sulfonamides is 1. The summed E-state index contributed by atoms with van der Waals surface area (Å²) in [6.45, 7) is 3.38. The highest BCUT2D eigenvalue weighted by Gasteiger charge is 2.28. The molecule has 9 heteroatoms. The molecule has 7 nitrogen and oxygen atoms in total. The number of hydrogen-bond donors (Lipinski definition) is 1. The van der Waals surface area contributed by atoms with Gasteiger partial charge in [0, 0.05) is 37.4 Å². The van der Waals surface area contributed by atoms with Crippen LogP contribution in [0.4, 0.5) is 0 Å². The van der Waals surface area contributed by atoms with E-state index in [0.29, 0.717) is 36.7 Å². The van der Waals surface area contributed by atoms with Crippen LogP contribution in [0.2, 0.25) is 0 Å². The van der Waals surface area contributed by atoms with E-state index in [-0.39, 0.29) is 36.0 Å². The fourth-order valence-electron chi connectivity index (χ4n) is 3.04. The van der Waals surface area contributed by atoms with Gasteiger partial charge in [-0.2, -0.15) is 4.31 Å². The SMILES string of the molecule is Cc1ccc(C(=O)CCC(=O)NCc2ccccc2S(=O)(=O)N2CCOCC2)s1. The van der Waals surface area contributed by atoms with Crippen molar-refractivity contribution in [2.45, 2.75) is 31.2 Å². The molecule has 0 radical (unpaired) electrons. The van der Waals surface area contributed by atoms with E-state index in [4.69, 9.17) is 4.74 Å². The molecule has 1 aromatic carbocycles. The molecule has 156 valence electrons. The quantitative estimate of drug-likeness (QED) is 0.642. The number of ketones is 1. The molecule has 2 heterocycles. The molecule has 0 atom stereocenters. The summed E-state index contributed by atoms with van der Waals surface area (Å²) in [5, 5.41) is 2.73. The first kappa shape index (κ1) is 21.6. The van der Waals surface area contributed by atoms with Crippen molar-refractivity contribution in [2.24, 2.45) is 0 Å². The highest BCUT2D eigenvalue weighted by molar-refractivity contribution is 7.89. The van der Waals surface area contributed by atoms with Crippen LogP contribution in [0.3, 0.4) is 0 Å². The maximum Gasteiger partial charge on any atom is 0.243 e. The highest BCUT2D eigenvalue weighted by atomic mass is 32.2. The number of morpholine rings is 1. The number of aryl methyl sites for hydroxylation is 1. The number of ether oxygens (including phenoxy) is 1. The first-order valence-corrected chi connectivity index (χ1v) is 11.7. The number of thiophene rings is 1. The Bertz CT molecular complexity index is 978. The Hall–Kier alpha value is -2.07. The van der Waals surface area contributed by atoms with Crippen molar-refractivity contribution in [2.75, 3.05) is 26.3 Å². The van der Waals surface area contributed by atoms with Gasteiger partial charge in [-0.25, -0.2) is 8.42 Å². The third-order valence-electron chi connectivity index (χ3n) is 4.63. The van der Waals surface area contributed by atoms with Crippen LogP contribution in [0.25, 0.3) is 0 Å². The fourth-order valence-corrected chi connectivity index (χ4v) is 5.51. The molecule has 0 aliphatic carbocycles. The van der Waals surface area contributed by atoms with Crippen molar-refractivity contribution in [3.63, 3.8) is 0 Å². The Kier molecular flexibility index (Phi) is 7.18. The molecule has 1 saturated heterocycles. The minimum atomic E-state index is -3.65. The van der Waals surface area contributed by atoms with E-state index >= 15 is 0 Å². The van der Waals surface area contributed by atoms with Gasteiger partial charge in [0.2, 0.25) is 15.9 Å². The standard InChI is InChI=1S/C20H24N2O5S2/c1-15-6-8-18(28-15)17(23)7-9-20(24)21-14-16-4-2-3-5-19(16)29(25,26)22-10-12-27-13-11-22/h2-6,8H,7,9-14H2,1H3,(H,21,24). The number of hydrogen-bond acceptors (Lipinski definition) is 6. The Labute approximate surface area is 174 Å². The lowest BCUT2D eigenvalue weighted by atomic mass is 10.1. The summed E-state index contributed by atoms with van der Waals surface area (Å²) in [6, 6.07) is 10.3. The van der Waals surface area contributed by atoms with Crippen LogP contribution in [-0.2, 0) is 26.1 Å². The number of nitrogens with zero attached hydrogens (tertiary/aromatic N) is 1. The average Bonchev–Trinajstić information content (AvgIpc) is 3.17. The molecular weight excluding hydrogens is 412 g/mol. The number of benzene rings is 1. The molecule has 1 aliphatic heterocycles. The second kappa shape index (κ2) is 9.62. The van der Waals surface area contributed by atoms with Crippen LogP contribution in [0.15, 0.2) is 41.3 Å². The van der Waals surface area contributed by atoms with Crippen LogP contribution in [0, 0.1) is 6.92 Å². The van der Waals surface area contributed by atoms with Gasteiger partial charge in [-0.3, -0.25) is 9.59 Å². The topological polar surface area (TPSA) is 92.8 Å². The third-order valence-corrected chi connectivity index (χ3v) is 7.67. The van der Waals surface area contributed by atoms with Gasteiger partial charge in [-0.1, -0.05) is 18.2 Å². The van der Waals surface area contributed by atoms with E-state index in [0.717, 1.165) is 4.88 Å². The van der Waals surface area contributed by atoms with Crippen molar-refractivity contribution in [3.05, 3.63) is 51.7 Å². The summed E-state index contributed by atoms with van der Waals surface area (Å²) in [5.74, 6) is -0.348. The first-order chi connectivity index (χ1) is 13.9. The number of amides is 1. The number of carbonyl (C=O) groups excluding carboxylic acids is 2. The van der Waals surface area contributed by atoms with E-state index < -0.39 is 10.0 Å². The van der Waals surface area contributed by atoms with Gasteiger partial charge in [0.25, 0.3) is 0 Å². The lowest BCUT2D eigenvalue weighted by Crippen LogP contribution is -2.41. The van der Waals surface area contributed by atoms with Crippen molar-refractivity contribution in [1.82, 2.24) is 9.62 Å². The monoisotopic (exact) mass is 436 g/mol. The molecule has 1 fully saturated rings. The smallest absolute Gasteiger partial charge is 0.243 e. The zero-order valence-corrected chi connectivity index (χ0v) is 17.9. The van der Waals surface area contributed by atoms with Crippen LogP contribution < -0.4 is 5.32 Å². The zero-order valence-electron chi connectivity index (χ0n) is 16.2. The van der Waals surface area contributed by atoms with Gasteiger partial charge in [0.05, 0.1) is 23.0 Å². The van der Waals surface area contributed by atoms with Crippen molar-refractivity contribution in [3.8, 4) is 0 Å². The third kappa shape index (κ3) is 5.51. The number of nitrogens with one attached hydrogen (secondary N) is 1. The fraction of sp³-hybridized carbons (Fsp3) is 0.400. The van der Waals surface area contributed by atoms with Gasteiger partial charge in [0.1, 0.15) is 0 Å². The maximum absolute atomic E-state index is 12.9. The summed E-state index contributed by atoms with van der Waals surface area (Å²) >= 11 is 1.41. The van der Waals surface area contributed by atoms with Gasteiger partial charge >= 0.3 is 0 Å². The molecule has 0 saturated carbocycles. The molecule has 1 aliphatic rings. The number of Topliss-reactive ketones (excluding diaryl/α,β-unsaturated/α-hetero) is 1. The molecule has 0 spiro atoms. The number of carbonyl (C=O) groups is 2. The molecule has 1 aromatic heterocycles. The normalized spacial score (nSPS) is 15.2. The van der Waals surface area contributed by atoms with Crippen LogP contribution in [-0.4, -0.2) is 50.7 Å². The maximum atomic E-state index is 12.9. The van der Waals surface area contributed by atoms with E-state index in [1.807, 2.05) is 13.0 Å². The average molecular weight is 437 g/mol. The van der Waals surface area contributed by atoms with Crippen molar-refractivity contribution >= 4 is 33.1 Å². The van der Waals surface area contributed by atoms with Crippen molar-refractivity contribution in [1.29, 1.82) is 0 Å². The van der Waals surface area contributed by atoms with Gasteiger partial charge < -0.3 is 10.1 Å². The largest absolute Gasteiger partial charge is 0.379 e. The van der Waals surface area contributed by atoms with E-state index in [9.17, 15) is 18.0 Å². The molecule has 1 amide bonds. The summed E-state index contributed by atoms with van der Waals surface area (Å²) in [4.78, 5) is 26.2. The van der Waals surface area contributed by atoms with Gasteiger partial charge in [-0.15, -0.1) is 11.3 Å².